The molecule has 0 bridgehead atoms. The Morgan fingerprint density at radius 1 is 1.43 bits per heavy atom. The molecule has 1 aromatic carbocycles. The zero-order valence-electron chi connectivity index (χ0n) is 11.5. The van der Waals surface area contributed by atoms with E-state index in [1.54, 1.807) is 12.1 Å². The Labute approximate surface area is 126 Å². The first-order valence-corrected chi connectivity index (χ1v) is 7.45. The highest BCUT2D eigenvalue weighted by molar-refractivity contribution is 7.10. The molecule has 1 saturated heterocycles. The summed E-state index contributed by atoms with van der Waals surface area (Å²) < 4.78 is 23.0. The van der Waals surface area contributed by atoms with Gasteiger partial charge in [-0.05, 0) is 36.2 Å². The largest absolute Gasteiger partial charge is 0.370 e. The second-order valence-electron chi connectivity index (χ2n) is 4.92. The molecule has 0 N–H and O–H groups in total. The van der Waals surface area contributed by atoms with Gasteiger partial charge in [0.15, 0.2) is 0 Å². The number of anilines is 1. The molecule has 1 aliphatic rings. The molecular weight excluding hydrogens is 289 g/mol. The van der Waals surface area contributed by atoms with Crippen molar-refractivity contribution in [1.29, 1.82) is 5.26 Å². The first kappa shape index (κ1) is 14.0. The molecule has 108 valence electrons. The zero-order valence-corrected chi connectivity index (χ0v) is 12.4. The van der Waals surface area contributed by atoms with Gasteiger partial charge in [0.25, 0.3) is 0 Å². The van der Waals surface area contributed by atoms with E-state index in [0.717, 1.165) is 22.8 Å². The Morgan fingerprint density at radius 2 is 2.19 bits per heavy atom. The maximum Gasteiger partial charge on any atom is 0.130 e. The van der Waals surface area contributed by atoms with Crippen molar-refractivity contribution in [3.05, 3.63) is 46.9 Å². The van der Waals surface area contributed by atoms with E-state index in [1.807, 2.05) is 6.92 Å². The van der Waals surface area contributed by atoms with E-state index in [-0.39, 0.29) is 11.9 Å². The number of rotatable bonds is 2. The van der Waals surface area contributed by atoms with Crippen molar-refractivity contribution in [2.75, 3.05) is 24.6 Å². The first-order valence-electron chi connectivity index (χ1n) is 6.67. The van der Waals surface area contributed by atoms with Crippen LogP contribution in [0.1, 0.15) is 22.9 Å². The Morgan fingerprint density at radius 3 is 2.90 bits per heavy atom. The van der Waals surface area contributed by atoms with Gasteiger partial charge in [0, 0.05) is 13.1 Å². The number of hydrogen-bond donors (Lipinski definition) is 0. The molecule has 1 unspecified atom stereocenters. The maximum atomic E-state index is 13.0. The van der Waals surface area contributed by atoms with Crippen molar-refractivity contribution in [2.45, 2.75) is 13.0 Å². The second-order valence-corrected chi connectivity index (χ2v) is 5.67. The van der Waals surface area contributed by atoms with Gasteiger partial charge in [0.1, 0.15) is 28.6 Å². The second kappa shape index (κ2) is 5.80. The van der Waals surface area contributed by atoms with Crippen LogP contribution in [-0.4, -0.2) is 24.1 Å². The Kier molecular flexibility index (Phi) is 3.86. The van der Waals surface area contributed by atoms with Crippen LogP contribution in [0, 0.1) is 24.1 Å². The predicted octanol–water partition coefficient (Wildman–Crippen LogP) is 3.04. The third-order valence-corrected chi connectivity index (χ3v) is 4.55. The summed E-state index contributed by atoms with van der Waals surface area (Å²) in [5, 5.41) is 10.1. The van der Waals surface area contributed by atoms with Gasteiger partial charge in [-0.2, -0.15) is 9.64 Å². The van der Waals surface area contributed by atoms with Crippen LogP contribution in [0.5, 0.6) is 0 Å². The topological polar surface area (TPSA) is 49.2 Å². The molecule has 0 amide bonds. The van der Waals surface area contributed by atoms with E-state index in [4.69, 9.17) is 4.74 Å². The van der Waals surface area contributed by atoms with Gasteiger partial charge in [0.2, 0.25) is 0 Å². The average Bonchev–Trinajstić information content (AvgIpc) is 2.89. The molecule has 2 aromatic rings. The van der Waals surface area contributed by atoms with Gasteiger partial charge < -0.3 is 9.64 Å². The smallest absolute Gasteiger partial charge is 0.130 e. The Balaban J connectivity index is 1.83. The number of benzene rings is 1. The standard InChI is InChI=1S/C15H14FN3OS/c1-10-13(8-17)15(21-18-10)19-6-7-20-14(9-19)11-2-4-12(16)5-3-11/h2-5,14H,6-7,9H2,1H3. The number of morpholine rings is 1. The number of aryl methyl sites for hydroxylation is 1. The van der Waals surface area contributed by atoms with Crippen LogP contribution < -0.4 is 4.90 Å². The van der Waals surface area contributed by atoms with Crippen LogP contribution >= 0.6 is 11.5 Å². The van der Waals surface area contributed by atoms with E-state index in [0.29, 0.717) is 18.7 Å². The molecule has 1 fully saturated rings. The highest BCUT2D eigenvalue weighted by Crippen LogP contribution is 2.32. The summed E-state index contributed by atoms with van der Waals surface area (Å²) in [5.74, 6) is -0.253. The minimum atomic E-state index is -0.253. The molecule has 1 aromatic heterocycles. The Bertz CT molecular complexity index is 677. The summed E-state index contributed by atoms with van der Waals surface area (Å²) >= 11 is 1.34. The number of ether oxygens (including phenoxy) is 1. The minimum Gasteiger partial charge on any atom is -0.370 e. The Hall–Kier alpha value is -1.97. The molecular formula is C15H14FN3OS. The lowest BCUT2D eigenvalue weighted by atomic mass is 10.1. The third-order valence-electron chi connectivity index (χ3n) is 3.55. The van der Waals surface area contributed by atoms with Crippen LogP contribution in [0.2, 0.25) is 0 Å². The molecule has 4 nitrogen and oxygen atoms in total. The minimum absolute atomic E-state index is 0.117. The molecule has 2 heterocycles. The van der Waals surface area contributed by atoms with E-state index in [9.17, 15) is 9.65 Å². The molecule has 21 heavy (non-hydrogen) atoms. The number of aromatic nitrogens is 1. The lowest BCUT2D eigenvalue weighted by molar-refractivity contribution is 0.0400. The molecule has 0 saturated carbocycles. The van der Waals surface area contributed by atoms with Crippen molar-refractivity contribution < 1.29 is 9.13 Å². The van der Waals surface area contributed by atoms with Crippen molar-refractivity contribution in [1.82, 2.24) is 4.37 Å². The lowest BCUT2D eigenvalue weighted by Gasteiger charge is -2.33. The summed E-state index contributed by atoms with van der Waals surface area (Å²) in [6.45, 7) is 3.79. The van der Waals surface area contributed by atoms with Gasteiger partial charge in [-0.3, -0.25) is 0 Å². The fourth-order valence-electron chi connectivity index (χ4n) is 2.42. The number of hydrogen-bond acceptors (Lipinski definition) is 5. The van der Waals surface area contributed by atoms with Gasteiger partial charge in [-0.15, -0.1) is 0 Å². The van der Waals surface area contributed by atoms with Crippen LogP contribution in [0.15, 0.2) is 24.3 Å². The van der Waals surface area contributed by atoms with Crippen molar-refractivity contribution in [3.63, 3.8) is 0 Å². The molecule has 1 aliphatic heterocycles. The van der Waals surface area contributed by atoms with E-state index >= 15 is 0 Å². The summed E-state index contributed by atoms with van der Waals surface area (Å²) in [6.07, 6.45) is -0.117. The van der Waals surface area contributed by atoms with Crippen molar-refractivity contribution in [3.8, 4) is 6.07 Å². The number of nitriles is 1. The first-order chi connectivity index (χ1) is 10.2. The highest BCUT2D eigenvalue weighted by Gasteiger charge is 2.26. The quantitative estimate of drug-likeness (QED) is 0.855. The van der Waals surface area contributed by atoms with Crippen LogP contribution in [-0.2, 0) is 4.74 Å². The molecule has 0 spiro atoms. The van der Waals surface area contributed by atoms with Crippen LogP contribution in [0.4, 0.5) is 9.39 Å². The predicted molar refractivity (Wildman–Crippen MR) is 78.9 cm³/mol. The van der Waals surface area contributed by atoms with Crippen LogP contribution in [0.3, 0.4) is 0 Å². The SMILES string of the molecule is Cc1nsc(N2CCOC(c3ccc(F)cc3)C2)c1C#N. The zero-order chi connectivity index (χ0) is 14.8. The molecule has 6 heteroatoms. The molecule has 0 radical (unpaired) electrons. The summed E-state index contributed by atoms with van der Waals surface area (Å²) in [6, 6.07) is 8.58. The highest BCUT2D eigenvalue weighted by atomic mass is 32.1. The summed E-state index contributed by atoms with van der Waals surface area (Å²) in [4.78, 5) is 2.13. The van der Waals surface area contributed by atoms with E-state index in [1.165, 1.54) is 23.7 Å². The fraction of sp³-hybridized carbons (Fsp3) is 0.333. The van der Waals surface area contributed by atoms with Gasteiger partial charge >= 0.3 is 0 Å². The van der Waals surface area contributed by atoms with Crippen molar-refractivity contribution in [2.24, 2.45) is 0 Å². The normalized spacial score (nSPS) is 18.5. The maximum absolute atomic E-state index is 13.0. The lowest BCUT2D eigenvalue weighted by Crippen LogP contribution is -2.38. The third kappa shape index (κ3) is 2.75. The number of nitrogens with zero attached hydrogens (tertiary/aromatic N) is 3. The molecule has 3 rings (SSSR count). The fourth-order valence-corrected chi connectivity index (χ4v) is 3.30. The van der Waals surface area contributed by atoms with E-state index in [2.05, 4.69) is 15.3 Å². The van der Waals surface area contributed by atoms with Gasteiger partial charge in [-0.25, -0.2) is 4.39 Å². The molecule has 1 atom stereocenters. The monoisotopic (exact) mass is 303 g/mol. The molecule has 0 aliphatic carbocycles. The van der Waals surface area contributed by atoms with Crippen molar-refractivity contribution >= 4 is 16.5 Å². The average molecular weight is 303 g/mol. The van der Waals surface area contributed by atoms with Crippen LogP contribution in [0.25, 0.3) is 0 Å². The van der Waals surface area contributed by atoms with Gasteiger partial charge in [0.05, 0.1) is 12.3 Å². The summed E-state index contributed by atoms with van der Waals surface area (Å²) in [5.41, 5.74) is 2.35. The van der Waals surface area contributed by atoms with E-state index < -0.39 is 0 Å². The van der Waals surface area contributed by atoms with Gasteiger partial charge in [-0.1, -0.05) is 12.1 Å². The summed E-state index contributed by atoms with van der Waals surface area (Å²) in [7, 11) is 0. The number of halogens is 1.